The van der Waals surface area contributed by atoms with Gasteiger partial charge in [0.2, 0.25) is 12.3 Å². The summed E-state index contributed by atoms with van der Waals surface area (Å²) in [7, 11) is 2.95. The fraction of sp³-hybridized carbons (Fsp3) is 0.824. The van der Waals surface area contributed by atoms with Gasteiger partial charge in [0.25, 0.3) is 0 Å². The van der Waals surface area contributed by atoms with Gasteiger partial charge in [-0.05, 0) is 19.8 Å². The van der Waals surface area contributed by atoms with Gasteiger partial charge in [0.15, 0.2) is 0 Å². The Morgan fingerprint density at radius 3 is 2.12 bits per heavy atom. The Morgan fingerprint density at radius 1 is 1.25 bits per heavy atom. The molecule has 0 spiro atoms. The first-order valence-electron chi connectivity index (χ1n) is 8.73. The van der Waals surface area contributed by atoms with Crippen LogP contribution in [0.1, 0.15) is 60.3 Å². The van der Waals surface area contributed by atoms with Crippen molar-refractivity contribution in [3.8, 4) is 0 Å². The van der Waals surface area contributed by atoms with Gasteiger partial charge >= 0.3 is 6.09 Å². The topological polar surface area (TPSA) is 87.7 Å². The first-order chi connectivity index (χ1) is 11.5. The molecule has 0 aromatic heterocycles. The summed E-state index contributed by atoms with van der Waals surface area (Å²) in [5.74, 6) is 0.00810. The van der Waals surface area contributed by atoms with Crippen molar-refractivity contribution in [2.24, 2.45) is 0 Å². The molecule has 1 saturated heterocycles. The van der Waals surface area contributed by atoms with Crippen molar-refractivity contribution < 1.29 is 19.1 Å². The minimum Gasteiger partial charge on any atom is -0.453 e. The van der Waals surface area contributed by atoms with E-state index in [9.17, 15) is 14.4 Å². The van der Waals surface area contributed by atoms with Crippen molar-refractivity contribution in [2.75, 3.05) is 27.2 Å². The van der Waals surface area contributed by atoms with Crippen molar-refractivity contribution in [3.05, 3.63) is 0 Å². The van der Waals surface area contributed by atoms with Crippen LogP contribution in [0.4, 0.5) is 4.79 Å². The Balaban J connectivity index is -0.000000314. The van der Waals surface area contributed by atoms with Crippen LogP contribution in [0.3, 0.4) is 0 Å². The summed E-state index contributed by atoms with van der Waals surface area (Å²) < 4.78 is 4.24. The Morgan fingerprint density at radius 2 is 1.79 bits per heavy atom. The molecular formula is C17H37N3O4. The van der Waals surface area contributed by atoms with E-state index in [1.807, 2.05) is 20.8 Å². The van der Waals surface area contributed by atoms with Crippen LogP contribution in [-0.2, 0) is 14.3 Å². The van der Waals surface area contributed by atoms with Gasteiger partial charge in [-0.25, -0.2) is 4.79 Å². The average Bonchev–Trinajstić information content (AvgIpc) is 3.05. The maximum Gasteiger partial charge on any atom is 0.406 e. The van der Waals surface area contributed by atoms with Gasteiger partial charge in [0.05, 0.1) is 7.11 Å². The van der Waals surface area contributed by atoms with Crippen molar-refractivity contribution in [1.82, 2.24) is 15.5 Å². The highest BCUT2D eigenvalue weighted by molar-refractivity contribution is 5.76. The third-order valence-corrected chi connectivity index (χ3v) is 2.76. The SMILES string of the molecule is CC.CCC.CCNC(=O)OC.CNC(=O)CC1CCCN1C=O. The Bertz CT molecular complexity index is 312. The predicted octanol–water partition coefficient (Wildman–Crippen LogP) is 2.55. The Labute approximate surface area is 147 Å². The lowest BCUT2D eigenvalue weighted by molar-refractivity contribution is -0.123. The second-order valence-electron chi connectivity index (χ2n) is 4.75. The molecule has 1 aliphatic heterocycles. The molecule has 0 bridgehead atoms. The van der Waals surface area contributed by atoms with Crippen LogP contribution < -0.4 is 10.6 Å². The average molecular weight is 348 g/mol. The van der Waals surface area contributed by atoms with E-state index < -0.39 is 0 Å². The summed E-state index contributed by atoms with van der Waals surface area (Å²) in [6, 6.07) is 0.127. The molecule has 0 aromatic carbocycles. The predicted molar refractivity (Wildman–Crippen MR) is 97.9 cm³/mol. The van der Waals surface area contributed by atoms with Gasteiger partial charge in [0.1, 0.15) is 0 Å². The second kappa shape index (κ2) is 21.2. The monoisotopic (exact) mass is 347 g/mol. The normalized spacial score (nSPS) is 14.5. The van der Waals surface area contributed by atoms with Crippen LogP contribution in [-0.4, -0.2) is 56.6 Å². The fourth-order valence-corrected chi connectivity index (χ4v) is 1.75. The molecule has 7 nitrogen and oxygen atoms in total. The smallest absolute Gasteiger partial charge is 0.406 e. The van der Waals surface area contributed by atoms with Gasteiger partial charge in [-0.3, -0.25) is 9.59 Å². The minimum absolute atomic E-state index is 0.00810. The lowest BCUT2D eigenvalue weighted by Crippen LogP contribution is -2.33. The van der Waals surface area contributed by atoms with Crippen molar-refractivity contribution in [3.63, 3.8) is 0 Å². The van der Waals surface area contributed by atoms with Crippen LogP contribution in [0.25, 0.3) is 0 Å². The summed E-state index contributed by atoms with van der Waals surface area (Å²) in [5, 5.41) is 4.99. The fourth-order valence-electron chi connectivity index (χ4n) is 1.75. The number of carbonyl (C=O) groups is 3. The molecule has 1 atom stereocenters. The van der Waals surface area contributed by atoms with E-state index in [-0.39, 0.29) is 18.0 Å². The van der Waals surface area contributed by atoms with Gasteiger partial charge in [0, 0.05) is 32.6 Å². The molecule has 1 rings (SSSR count). The molecule has 1 unspecified atom stereocenters. The van der Waals surface area contributed by atoms with E-state index in [1.54, 1.807) is 11.9 Å². The number of hydrogen-bond acceptors (Lipinski definition) is 4. The highest BCUT2D eigenvalue weighted by Crippen LogP contribution is 2.17. The number of nitrogens with zero attached hydrogens (tertiary/aromatic N) is 1. The maximum atomic E-state index is 11.0. The molecule has 24 heavy (non-hydrogen) atoms. The molecule has 144 valence electrons. The lowest BCUT2D eigenvalue weighted by atomic mass is 10.1. The standard InChI is InChI=1S/C8H14N2O2.C4H9NO2.C3H8.C2H6/c1-9-8(12)5-7-3-2-4-10(7)6-11;1-3-5-4(6)7-2;1-3-2;1-2/h6-7H,2-5H2,1H3,(H,9,12);3H2,1-2H3,(H,5,6);3H2,1-2H3;1-2H3. The van der Waals surface area contributed by atoms with Crippen LogP contribution in [0, 0.1) is 0 Å². The molecule has 0 saturated carbocycles. The lowest BCUT2D eigenvalue weighted by Gasteiger charge is -2.18. The molecule has 3 amide bonds. The summed E-state index contributed by atoms with van der Waals surface area (Å²) in [5.41, 5.74) is 0. The number of rotatable bonds is 4. The number of carbonyl (C=O) groups excluding carboxylic acids is 3. The Hall–Kier alpha value is -1.79. The van der Waals surface area contributed by atoms with E-state index in [2.05, 4.69) is 29.2 Å². The molecule has 1 fully saturated rings. The molecule has 1 heterocycles. The molecule has 1 aliphatic rings. The van der Waals surface area contributed by atoms with E-state index in [0.29, 0.717) is 13.0 Å². The van der Waals surface area contributed by atoms with Crippen LogP contribution in [0.2, 0.25) is 0 Å². The first kappa shape index (κ1) is 27.1. The van der Waals surface area contributed by atoms with E-state index >= 15 is 0 Å². The summed E-state index contributed by atoms with van der Waals surface area (Å²) in [6.07, 6.45) is 4.12. The van der Waals surface area contributed by atoms with Gasteiger partial charge in [-0.15, -0.1) is 0 Å². The number of alkyl carbamates (subject to hydrolysis) is 1. The number of nitrogens with one attached hydrogen (secondary N) is 2. The van der Waals surface area contributed by atoms with Crippen molar-refractivity contribution in [1.29, 1.82) is 0 Å². The van der Waals surface area contributed by atoms with E-state index in [4.69, 9.17) is 0 Å². The number of ether oxygens (including phenoxy) is 1. The summed E-state index contributed by atoms with van der Waals surface area (Å²) in [6.45, 7) is 11.5. The third kappa shape index (κ3) is 16.6. The molecule has 7 heteroatoms. The van der Waals surface area contributed by atoms with E-state index in [0.717, 1.165) is 25.8 Å². The highest BCUT2D eigenvalue weighted by atomic mass is 16.5. The zero-order valence-corrected chi connectivity index (χ0v) is 16.5. The number of hydrogen-bond donors (Lipinski definition) is 2. The van der Waals surface area contributed by atoms with E-state index in [1.165, 1.54) is 13.5 Å². The highest BCUT2D eigenvalue weighted by Gasteiger charge is 2.24. The van der Waals surface area contributed by atoms with Crippen LogP contribution in [0.5, 0.6) is 0 Å². The molecule has 2 N–H and O–H groups in total. The zero-order chi connectivity index (χ0) is 19.4. The zero-order valence-electron chi connectivity index (χ0n) is 16.5. The minimum atomic E-state index is -0.373. The van der Waals surface area contributed by atoms with Crippen LogP contribution in [0.15, 0.2) is 0 Å². The van der Waals surface area contributed by atoms with Crippen molar-refractivity contribution >= 4 is 18.4 Å². The molecular weight excluding hydrogens is 310 g/mol. The number of likely N-dealkylation sites (tertiary alicyclic amines) is 1. The largest absolute Gasteiger partial charge is 0.453 e. The summed E-state index contributed by atoms with van der Waals surface area (Å²) in [4.78, 5) is 33.2. The molecule has 0 radical (unpaired) electrons. The Kier molecular flexibility index (Phi) is 23.9. The van der Waals surface area contributed by atoms with Crippen LogP contribution >= 0.6 is 0 Å². The number of methoxy groups -OCH3 is 1. The van der Waals surface area contributed by atoms with Crippen molar-refractivity contribution in [2.45, 2.75) is 66.3 Å². The summed E-state index contributed by atoms with van der Waals surface area (Å²) >= 11 is 0. The second-order valence-corrected chi connectivity index (χ2v) is 4.75. The third-order valence-electron chi connectivity index (χ3n) is 2.76. The molecule has 0 aromatic rings. The maximum absolute atomic E-state index is 11.0. The molecule has 0 aliphatic carbocycles. The number of amides is 3. The van der Waals surface area contributed by atoms with Gasteiger partial charge in [-0.2, -0.15) is 0 Å². The van der Waals surface area contributed by atoms with Gasteiger partial charge in [-0.1, -0.05) is 34.1 Å². The van der Waals surface area contributed by atoms with Gasteiger partial charge < -0.3 is 20.3 Å². The quantitative estimate of drug-likeness (QED) is 0.765. The first-order valence-corrected chi connectivity index (χ1v) is 8.73.